The Morgan fingerprint density at radius 3 is 2.76 bits per heavy atom. The first-order valence-electron chi connectivity index (χ1n) is 5.56. The van der Waals surface area contributed by atoms with Crippen molar-refractivity contribution >= 4 is 21.6 Å². The summed E-state index contributed by atoms with van der Waals surface area (Å²) in [5, 5.41) is 4.39. The minimum absolute atomic E-state index is 0.717. The summed E-state index contributed by atoms with van der Waals surface area (Å²) in [6.07, 6.45) is 1.95. The number of rotatable bonds is 3. The SMILES string of the molecule is CCCc1nc(-c2cc(N)cc(Br)c2)n(C)n1. The molecule has 0 saturated carbocycles. The van der Waals surface area contributed by atoms with Crippen LogP contribution in [0.3, 0.4) is 0 Å². The van der Waals surface area contributed by atoms with Gasteiger partial charge in [0, 0.05) is 29.2 Å². The van der Waals surface area contributed by atoms with E-state index in [1.54, 1.807) is 4.68 Å². The van der Waals surface area contributed by atoms with Gasteiger partial charge in [0.15, 0.2) is 11.6 Å². The van der Waals surface area contributed by atoms with Gasteiger partial charge in [-0.2, -0.15) is 5.10 Å². The number of nitrogens with zero attached hydrogens (tertiary/aromatic N) is 3. The molecule has 2 N–H and O–H groups in total. The first kappa shape index (κ1) is 12.1. The third-order valence-corrected chi connectivity index (χ3v) is 2.92. The number of aromatic nitrogens is 3. The molecule has 2 aromatic rings. The topological polar surface area (TPSA) is 56.7 Å². The minimum Gasteiger partial charge on any atom is -0.399 e. The van der Waals surface area contributed by atoms with Crippen LogP contribution in [-0.4, -0.2) is 14.8 Å². The van der Waals surface area contributed by atoms with Crippen LogP contribution in [-0.2, 0) is 13.5 Å². The van der Waals surface area contributed by atoms with Gasteiger partial charge in [-0.3, -0.25) is 0 Å². The quantitative estimate of drug-likeness (QED) is 0.886. The Morgan fingerprint density at radius 1 is 1.35 bits per heavy atom. The van der Waals surface area contributed by atoms with Gasteiger partial charge in [0.2, 0.25) is 0 Å². The van der Waals surface area contributed by atoms with E-state index < -0.39 is 0 Å². The van der Waals surface area contributed by atoms with Gasteiger partial charge in [-0.05, 0) is 24.6 Å². The van der Waals surface area contributed by atoms with Crippen LogP contribution in [0.2, 0.25) is 0 Å². The molecule has 0 aliphatic rings. The fourth-order valence-corrected chi connectivity index (χ4v) is 2.27. The predicted molar refractivity (Wildman–Crippen MR) is 72.5 cm³/mol. The molecule has 0 amide bonds. The van der Waals surface area contributed by atoms with Gasteiger partial charge >= 0.3 is 0 Å². The molecule has 0 saturated heterocycles. The lowest BCUT2D eigenvalue weighted by atomic mass is 10.2. The van der Waals surface area contributed by atoms with E-state index in [-0.39, 0.29) is 0 Å². The molecule has 5 heteroatoms. The van der Waals surface area contributed by atoms with Crippen molar-refractivity contribution in [1.82, 2.24) is 14.8 Å². The van der Waals surface area contributed by atoms with E-state index in [0.717, 1.165) is 40.2 Å². The second kappa shape index (κ2) is 4.87. The lowest BCUT2D eigenvalue weighted by molar-refractivity contribution is 0.737. The number of hydrogen-bond acceptors (Lipinski definition) is 3. The minimum atomic E-state index is 0.717. The van der Waals surface area contributed by atoms with Crippen molar-refractivity contribution in [3.05, 3.63) is 28.5 Å². The number of hydrogen-bond donors (Lipinski definition) is 1. The molecule has 0 atom stereocenters. The summed E-state index contributed by atoms with van der Waals surface area (Å²) in [4.78, 5) is 4.53. The summed E-state index contributed by atoms with van der Waals surface area (Å²) in [7, 11) is 1.90. The highest BCUT2D eigenvalue weighted by molar-refractivity contribution is 9.10. The standard InChI is InChI=1S/C12H15BrN4/c1-3-4-11-15-12(17(2)16-11)8-5-9(13)7-10(14)6-8/h5-7H,3-4,14H2,1-2H3. The second-order valence-electron chi connectivity index (χ2n) is 4.00. The van der Waals surface area contributed by atoms with Crippen molar-refractivity contribution in [3.8, 4) is 11.4 Å². The maximum Gasteiger partial charge on any atom is 0.158 e. The maximum absolute atomic E-state index is 5.82. The lowest BCUT2D eigenvalue weighted by Crippen LogP contribution is -1.95. The largest absolute Gasteiger partial charge is 0.399 e. The fraction of sp³-hybridized carbons (Fsp3) is 0.333. The Morgan fingerprint density at radius 2 is 2.12 bits per heavy atom. The van der Waals surface area contributed by atoms with Crippen LogP contribution in [0.5, 0.6) is 0 Å². The molecule has 1 heterocycles. The molecule has 0 spiro atoms. The van der Waals surface area contributed by atoms with Crippen molar-refractivity contribution in [2.75, 3.05) is 5.73 Å². The summed E-state index contributed by atoms with van der Waals surface area (Å²) in [6.45, 7) is 2.12. The van der Waals surface area contributed by atoms with E-state index in [2.05, 4.69) is 32.9 Å². The van der Waals surface area contributed by atoms with Crippen LogP contribution < -0.4 is 5.73 Å². The predicted octanol–water partition coefficient (Wildman–Crippen LogP) is 2.78. The van der Waals surface area contributed by atoms with Crippen LogP contribution in [0, 0.1) is 0 Å². The number of benzene rings is 1. The number of anilines is 1. The van der Waals surface area contributed by atoms with Gasteiger partial charge in [-0.1, -0.05) is 22.9 Å². The number of halogens is 1. The molecule has 0 radical (unpaired) electrons. The third-order valence-electron chi connectivity index (χ3n) is 2.46. The number of nitrogens with two attached hydrogens (primary N) is 1. The summed E-state index contributed by atoms with van der Waals surface area (Å²) in [5.74, 6) is 1.73. The van der Waals surface area contributed by atoms with Gasteiger partial charge in [0.1, 0.15) is 0 Å². The monoisotopic (exact) mass is 294 g/mol. The normalized spacial score (nSPS) is 10.8. The van der Waals surface area contributed by atoms with Crippen molar-refractivity contribution in [2.45, 2.75) is 19.8 Å². The van der Waals surface area contributed by atoms with Crippen molar-refractivity contribution < 1.29 is 0 Å². The Hall–Kier alpha value is -1.36. The van der Waals surface area contributed by atoms with E-state index in [1.807, 2.05) is 25.2 Å². The maximum atomic E-state index is 5.82. The third kappa shape index (κ3) is 2.66. The van der Waals surface area contributed by atoms with Crippen LogP contribution in [0.15, 0.2) is 22.7 Å². The zero-order chi connectivity index (χ0) is 12.4. The molecule has 0 bridgehead atoms. The highest BCUT2D eigenvalue weighted by atomic mass is 79.9. The van der Waals surface area contributed by atoms with E-state index in [0.29, 0.717) is 0 Å². The van der Waals surface area contributed by atoms with E-state index in [9.17, 15) is 0 Å². The van der Waals surface area contributed by atoms with Crippen LogP contribution in [0.25, 0.3) is 11.4 Å². The molecular formula is C12H15BrN4. The first-order chi connectivity index (χ1) is 8.10. The molecule has 0 aliphatic carbocycles. The molecular weight excluding hydrogens is 280 g/mol. The molecule has 0 aliphatic heterocycles. The van der Waals surface area contributed by atoms with Gasteiger partial charge in [-0.25, -0.2) is 9.67 Å². The molecule has 0 unspecified atom stereocenters. The highest BCUT2D eigenvalue weighted by Gasteiger charge is 2.09. The van der Waals surface area contributed by atoms with Crippen LogP contribution in [0.4, 0.5) is 5.69 Å². The molecule has 2 rings (SSSR count). The Labute approximate surface area is 109 Å². The molecule has 90 valence electrons. The average Bonchev–Trinajstić information content (AvgIpc) is 2.58. The Bertz CT molecular complexity index is 513. The Balaban J connectivity index is 2.44. The van der Waals surface area contributed by atoms with Crippen molar-refractivity contribution in [2.24, 2.45) is 7.05 Å². The Kier molecular flexibility index (Phi) is 3.47. The summed E-state index contributed by atoms with van der Waals surface area (Å²) in [6, 6.07) is 5.77. The number of aryl methyl sites for hydroxylation is 2. The van der Waals surface area contributed by atoms with E-state index in [1.165, 1.54) is 0 Å². The lowest BCUT2D eigenvalue weighted by Gasteiger charge is -2.02. The zero-order valence-corrected chi connectivity index (χ0v) is 11.5. The van der Waals surface area contributed by atoms with E-state index >= 15 is 0 Å². The van der Waals surface area contributed by atoms with Crippen LogP contribution in [0.1, 0.15) is 19.2 Å². The summed E-state index contributed by atoms with van der Waals surface area (Å²) < 4.78 is 2.75. The average molecular weight is 295 g/mol. The van der Waals surface area contributed by atoms with Crippen LogP contribution >= 0.6 is 15.9 Å². The number of nitrogen functional groups attached to an aromatic ring is 1. The highest BCUT2D eigenvalue weighted by Crippen LogP contribution is 2.24. The smallest absolute Gasteiger partial charge is 0.158 e. The molecule has 17 heavy (non-hydrogen) atoms. The molecule has 4 nitrogen and oxygen atoms in total. The summed E-state index contributed by atoms with van der Waals surface area (Å²) >= 11 is 3.43. The van der Waals surface area contributed by atoms with Crippen molar-refractivity contribution in [1.29, 1.82) is 0 Å². The molecule has 0 fully saturated rings. The molecule has 1 aromatic heterocycles. The van der Waals surface area contributed by atoms with Gasteiger partial charge in [0.25, 0.3) is 0 Å². The zero-order valence-electron chi connectivity index (χ0n) is 9.94. The first-order valence-corrected chi connectivity index (χ1v) is 6.36. The van der Waals surface area contributed by atoms with Gasteiger partial charge in [0.05, 0.1) is 0 Å². The summed E-state index contributed by atoms with van der Waals surface area (Å²) in [5.41, 5.74) is 7.52. The van der Waals surface area contributed by atoms with Gasteiger partial charge in [-0.15, -0.1) is 0 Å². The fourth-order valence-electron chi connectivity index (χ4n) is 1.76. The molecule has 1 aromatic carbocycles. The second-order valence-corrected chi connectivity index (χ2v) is 4.91. The van der Waals surface area contributed by atoms with E-state index in [4.69, 9.17) is 5.73 Å². The van der Waals surface area contributed by atoms with Gasteiger partial charge < -0.3 is 5.73 Å². The van der Waals surface area contributed by atoms with Crippen molar-refractivity contribution in [3.63, 3.8) is 0 Å².